The average molecular weight is 211 g/mol. The first-order valence-corrected chi connectivity index (χ1v) is 4.54. The number of aliphatic hydroxyl groups excluding tert-OH is 1. The van der Waals surface area contributed by atoms with E-state index < -0.39 is 17.8 Å². The Morgan fingerprint density at radius 2 is 2.13 bits per heavy atom. The summed E-state index contributed by atoms with van der Waals surface area (Å²) >= 11 is 0. The maximum Gasteiger partial charge on any atom is 0.257 e. The molecule has 0 aliphatic carbocycles. The van der Waals surface area contributed by atoms with Crippen molar-refractivity contribution in [3.05, 3.63) is 29.6 Å². The summed E-state index contributed by atoms with van der Waals surface area (Å²) in [5.74, 6) is -1.35. The number of benzene rings is 1. The van der Waals surface area contributed by atoms with E-state index in [-0.39, 0.29) is 24.4 Å². The summed E-state index contributed by atoms with van der Waals surface area (Å²) in [6, 6.07) is 3.24. The zero-order chi connectivity index (χ0) is 11.0. The van der Waals surface area contributed by atoms with Crippen molar-refractivity contribution in [3.63, 3.8) is 0 Å². The summed E-state index contributed by atoms with van der Waals surface area (Å²) in [6.45, 7) is 0.519. The van der Waals surface area contributed by atoms with Crippen LogP contribution in [0.4, 0.5) is 4.39 Å². The third kappa shape index (κ3) is 1.78. The second kappa shape index (κ2) is 3.51. The molecule has 1 heterocycles. The Morgan fingerprint density at radius 3 is 2.67 bits per heavy atom. The number of hydrogen-bond donors (Lipinski definition) is 2. The zero-order valence-electron chi connectivity index (χ0n) is 7.85. The number of rotatable bonds is 1. The van der Waals surface area contributed by atoms with E-state index in [1.54, 1.807) is 0 Å². The van der Waals surface area contributed by atoms with Crippen LogP contribution in [0.25, 0.3) is 0 Å². The van der Waals surface area contributed by atoms with Gasteiger partial charge < -0.3 is 15.1 Å². The number of likely N-dealkylation sites (tertiary alicyclic amines) is 1. The zero-order valence-corrected chi connectivity index (χ0v) is 7.85. The van der Waals surface area contributed by atoms with Crippen LogP contribution in [-0.4, -0.2) is 40.2 Å². The monoisotopic (exact) mass is 211 g/mol. The Kier molecular flexibility index (Phi) is 2.32. The fourth-order valence-electron chi connectivity index (χ4n) is 1.48. The summed E-state index contributed by atoms with van der Waals surface area (Å²) in [5.41, 5.74) is 0.0586. The molecule has 0 unspecified atom stereocenters. The van der Waals surface area contributed by atoms with Gasteiger partial charge in [-0.15, -0.1) is 0 Å². The highest BCUT2D eigenvalue weighted by molar-refractivity contribution is 5.97. The van der Waals surface area contributed by atoms with Gasteiger partial charge in [-0.2, -0.15) is 0 Å². The number of nitrogens with zero attached hydrogens (tertiary/aromatic N) is 1. The Hall–Kier alpha value is -1.62. The minimum absolute atomic E-state index is 0.0586. The van der Waals surface area contributed by atoms with Crippen LogP contribution in [0.2, 0.25) is 0 Å². The van der Waals surface area contributed by atoms with Gasteiger partial charge in [-0.3, -0.25) is 4.79 Å². The molecule has 1 aromatic rings. The van der Waals surface area contributed by atoms with Gasteiger partial charge in [0.15, 0.2) is 0 Å². The average Bonchev–Trinajstić information content (AvgIpc) is 2.12. The lowest BCUT2D eigenvalue weighted by molar-refractivity contribution is 0.00570. The second-order valence-corrected chi connectivity index (χ2v) is 3.53. The Morgan fingerprint density at radius 1 is 1.47 bits per heavy atom. The summed E-state index contributed by atoms with van der Waals surface area (Å²) in [6.07, 6.45) is -0.489. The molecule has 5 heteroatoms. The lowest BCUT2D eigenvalue weighted by Gasteiger charge is -2.35. The molecule has 0 bridgehead atoms. The van der Waals surface area contributed by atoms with Crippen molar-refractivity contribution in [1.82, 2.24) is 4.90 Å². The molecule has 80 valence electrons. The van der Waals surface area contributed by atoms with Crippen molar-refractivity contribution in [2.75, 3.05) is 13.1 Å². The number of aromatic hydroxyl groups is 1. The fourth-order valence-corrected chi connectivity index (χ4v) is 1.48. The van der Waals surface area contributed by atoms with Crippen LogP contribution in [0, 0.1) is 5.82 Å². The molecule has 15 heavy (non-hydrogen) atoms. The molecule has 1 amide bonds. The van der Waals surface area contributed by atoms with Crippen LogP contribution in [0.15, 0.2) is 18.2 Å². The van der Waals surface area contributed by atoms with Gasteiger partial charge in [0, 0.05) is 19.2 Å². The van der Waals surface area contributed by atoms with Gasteiger partial charge in [0.1, 0.15) is 11.6 Å². The minimum Gasteiger partial charge on any atom is -0.507 e. The van der Waals surface area contributed by atoms with Gasteiger partial charge >= 0.3 is 0 Å². The molecule has 0 saturated carbocycles. The largest absolute Gasteiger partial charge is 0.507 e. The van der Waals surface area contributed by atoms with Crippen LogP contribution >= 0.6 is 0 Å². The molecule has 0 spiro atoms. The van der Waals surface area contributed by atoms with Gasteiger partial charge in [-0.1, -0.05) is 0 Å². The first kappa shape index (κ1) is 9.92. The molecule has 4 nitrogen and oxygen atoms in total. The first-order chi connectivity index (χ1) is 7.08. The van der Waals surface area contributed by atoms with E-state index >= 15 is 0 Å². The summed E-state index contributed by atoms with van der Waals surface area (Å²) in [7, 11) is 0. The van der Waals surface area contributed by atoms with Crippen LogP contribution in [0.5, 0.6) is 5.75 Å². The predicted molar refractivity (Wildman–Crippen MR) is 50.0 cm³/mol. The number of hydrogen-bond acceptors (Lipinski definition) is 3. The highest BCUT2D eigenvalue weighted by Gasteiger charge is 2.30. The normalized spacial score (nSPS) is 16.3. The second-order valence-electron chi connectivity index (χ2n) is 3.53. The lowest BCUT2D eigenvalue weighted by atomic mass is 10.1. The molecule has 1 aliphatic heterocycles. The van der Waals surface area contributed by atoms with Crippen molar-refractivity contribution in [2.45, 2.75) is 6.10 Å². The van der Waals surface area contributed by atoms with E-state index in [0.717, 1.165) is 12.1 Å². The van der Waals surface area contributed by atoms with E-state index in [2.05, 4.69) is 0 Å². The van der Waals surface area contributed by atoms with Gasteiger partial charge in [0.05, 0.1) is 11.7 Å². The SMILES string of the molecule is O=C(c1ccc(F)cc1O)N1CC(O)C1. The third-order valence-electron chi connectivity index (χ3n) is 2.34. The van der Waals surface area contributed by atoms with Gasteiger partial charge in [0.25, 0.3) is 5.91 Å². The number of aliphatic hydroxyl groups is 1. The van der Waals surface area contributed by atoms with Crippen molar-refractivity contribution in [1.29, 1.82) is 0 Å². The van der Waals surface area contributed by atoms with E-state index in [1.165, 1.54) is 11.0 Å². The number of phenolic OH excluding ortho intramolecular Hbond substituents is 1. The maximum absolute atomic E-state index is 12.6. The van der Waals surface area contributed by atoms with Crippen LogP contribution in [0.1, 0.15) is 10.4 Å². The summed E-state index contributed by atoms with van der Waals surface area (Å²) in [5, 5.41) is 18.4. The van der Waals surface area contributed by atoms with Gasteiger partial charge in [-0.25, -0.2) is 4.39 Å². The van der Waals surface area contributed by atoms with Crippen LogP contribution < -0.4 is 0 Å². The number of carbonyl (C=O) groups excluding carboxylic acids is 1. The first-order valence-electron chi connectivity index (χ1n) is 4.54. The number of phenols is 1. The number of amides is 1. The molecule has 0 atom stereocenters. The van der Waals surface area contributed by atoms with E-state index in [4.69, 9.17) is 5.11 Å². The lowest BCUT2D eigenvalue weighted by Crippen LogP contribution is -2.53. The number of halogens is 1. The summed E-state index contributed by atoms with van der Waals surface area (Å²) in [4.78, 5) is 13.0. The Bertz CT molecular complexity index is 402. The van der Waals surface area contributed by atoms with Gasteiger partial charge in [0.2, 0.25) is 0 Å². The van der Waals surface area contributed by atoms with Crippen molar-refractivity contribution in [2.24, 2.45) is 0 Å². The highest BCUT2D eigenvalue weighted by Crippen LogP contribution is 2.22. The highest BCUT2D eigenvalue weighted by atomic mass is 19.1. The standard InChI is InChI=1S/C10H10FNO3/c11-6-1-2-8(9(14)3-6)10(15)12-4-7(13)5-12/h1-3,7,13-14H,4-5H2. The number of β-amino-alcohol motifs (C(OH)–C–C–N with tert-alkyl or cyclic N) is 1. The molecule has 0 radical (unpaired) electrons. The van der Waals surface area contributed by atoms with Crippen molar-refractivity contribution < 1.29 is 19.4 Å². The molecule has 1 aromatic carbocycles. The smallest absolute Gasteiger partial charge is 0.257 e. The maximum atomic E-state index is 12.6. The number of carbonyl (C=O) groups is 1. The molecular formula is C10H10FNO3. The predicted octanol–water partition coefficient (Wildman–Crippen LogP) is 0.348. The molecule has 1 saturated heterocycles. The molecule has 1 fully saturated rings. The summed E-state index contributed by atoms with van der Waals surface area (Å²) < 4.78 is 12.6. The minimum atomic E-state index is -0.590. The molecule has 0 aromatic heterocycles. The third-order valence-corrected chi connectivity index (χ3v) is 2.34. The van der Waals surface area contributed by atoms with Crippen LogP contribution in [0.3, 0.4) is 0 Å². The van der Waals surface area contributed by atoms with Crippen molar-refractivity contribution >= 4 is 5.91 Å². The van der Waals surface area contributed by atoms with E-state index in [0.29, 0.717) is 0 Å². The van der Waals surface area contributed by atoms with E-state index in [1.807, 2.05) is 0 Å². The molecule has 1 aliphatic rings. The quantitative estimate of drug-likeness (QED) is 0.704. The fraction of sp³-hybridized carbons (Fsp3) is 0.300. The molecule has 2 rings (SSSR count). The van der Waals surface area contributed by atoms with Crippen LogP contribution in [-0.2, 0) is 0 Å². The van der Waals surface area contributed by atoms with Crippen molar-refractivity contribution in [3.8, 4) is 5.75 Å². The molecular weight excluding hydrogens is 201 g/mol. The molecule has 2 N–H and O–H groups in total. The van der Waals surface area contributed by atoms with E-state index in [9.17, 15) is 14.3 Å². The Balaban J connectivity index is 2.19. The van der Waals surface area contributed by atoms with Gasteiger partial charge in [-0.05, 0) is 12.1 Å². The topological polar surface area (TPSA) is 60.8 Å². The Labute approximate surface area is 85.6 Å².